The molecule has 9 rings (SSSR count). The van der Waals surface area contributed by atoms with E-state index in [4.69, 9.17) is 61.6 Å². The number of benzene rings is 7. The van der Waals surface area contributed by atoms with Gasteiger partial charge >= 0.3 is 17.9 Å². The summed E-state index contributed by atoms with van der Waals surface area (Å²) in [5.74, 6) is 2.47. The standard InChI is InChI=1S/C86H108I2O18/c1-15-55(44-61(59-26-32-67(89)71(46-59)94-11)51-82(3,4)80(92)105-85(9)36-20-21-37-85)57-28-34-69(73(48-57)96-13)102-53-98-40-42-100-75-50-64(79(91)104-84(7,8)63-24-18-17-19-25-63)78(77-66(88)31-30-65(87)76(75)77)101-43-41-99-54-103-70-35-29-58(49-74(70)97-14)56(16-2)45-62(60-27-33-68(90)72(47-60)95-12)52-83(5,6)81(93)106-86(10)38-22-23-39-86/h17-19,24-35,46-50,55-56,61-62,89-90H,15-16,20-23,36-45,51-54H2,1-14H3. The minimum atomic E-state index is -1.03. The van der Waals surface area contributed by atoms with E-state index >= 15 is 0 Å². The topological polar surface area (TPSA) is 212 Å². The molecular weight excluding hydrogens is 1570 g/mol. The number of rotatable bonds is 39. The van der Waals surface area contributed by atoms with Crippen molar-refractivity contribution in [3.05, 3.63) is 162 Å². The van der Waals surface area contributed by atoms with Gasteiger partial charge in [0.1, 0.15) is 47.1 Å². The van der Waals surface area contributed by atoms with Crippen LogP contribution >= 0.6 is 45.2 Å². The lowest BCUT2D eigenvalue weighted by molar-refractivity contribution is -0.170. The second-order valence-electron chi connectivity index (χ2n) is 30.4. The van der Waals surface area contributed by atoms with Crippen molar-refractivity contribution in [1.82, 2.24) is 0 Å². The van der Waals surface area contributed by atoms with Crippen molar-refractivity contribution in [3.8, 4) is 57.5 Å². The normalized spacial score (nSPS) is 15.4. The molecular formula is C86H108I2O18. The zero-order chi connectivity index (χ0) is 76.6. The lowest BCUT2D eigenvalue weighted by Crippen LogP contribution is -2.37. The quantitative estimate of drug-likeness (QED) is 0.0121. The molecule has 0 aliphatic heterocycles. The molecule has 0 aromatic heterocycles. The summed E-state index contributed by atoms with van der Waals surface area (Å²) in [5.41, 5.74) is 1.40. The molecule has 0 radical (unpaired) electrons. The summed E-state index contributed by atoms with van der Waals surface area (Å²) in [6.45, 7) is 20.0. The fourth-order valence-electron chi connectivity index (χ4n) is 14.8. The summed E-state index contributed by atoms with van der Waals surface area (Å²) in [7, 11) is 6.27. The van der Waals surface area contributed by atoms with E-state index in [0.717, 1.165) is 105 Å². The first kappa shape index (κ1) is 82.6. The van der Waals surface area contributed by atoms with Gasteiger partial charge in [-0.15, -0.1) is 0 Å². The summed E-state index contributed by atoms with van der Waals surface area (Å²) in [6.07, 6.45) is 11.6. The van der Waals surface area contributed by atoms with Gasteiger partial charge in [0, 0.05) is 17.9 Å². The zero-order valence-corrected chi connectivity index (χ0v) is 68.5. The molecule has 4 unspecified atom stereocenters. The van der Waals surface area contributed by atoms with Crippen LogP contribution in [0.2, 0.25) is 0 Å². The smallest absolute Gasteiger partial charge is 0.342 e. The fourth-order valence-corrected chi connectivity index (χ4v) is 16.2. The van der Waals surface area contributed by atoms with Gasteiger partial charge in [-0.1, -0.05) is 68.4 Å². The van der Waals surface area contributed by atoms with Crippen LogP contribution in [0.1, 0.15) is 221 Å². The minimum absolute atomic E-state index is 0.0360. The third kappa shape index (κ3) is 21.1. The molecule has 0 amide bonds. The van der Waals surface area contributed by atoms with Crippen molar-refractivity contribution in [2.24, 2.45) is 10.8 Å². The molecule has 7 aromatic carbocycles. The number of hydrogen-bond acceptors (Lipinski definition) is 18. The number of carbonyl (C=O) groups is 3. The van der Waals surface area contributed by atoms with Gasteiger partial charge in [0.25, 0.3) is 0 Å². The molecule has 106 heavy (non-hydrogen) atoms. The first-order valence-corrected chi connectivity index (χ1v) is 39.2. The molecule has 4 atom stereocenters. The molecule has 18 nitrogen and oxygen atoms in total. The predicted octanol–water partition coefficient (Wildman–Crippen LogP) is 20.4. The van der Waals surface area contributed by atoms with E-state index in [0.29, 0.717) is 77.1 Å². The number of methoxy groups -OCH3 is 4. The van der Waals surface area contributed by atoms with Crippen molar-refractivity contribution in [2.45, 2.75) is 200 Å². The fraction of sp³-hybridized carbons (Fsp3) is 0.500. The van der Waals surface area contributed by atoms with E-state index in [1.165, 1.54) is 14.2 Å². The van der Waals surface area contributed by atoms with Crippen molar-refractivity contribution in [1.29, 1.82) is 0 Å². The highest BCUT2D eigenvalue weighted by Gasteiger charge is 2.43. The maximum Gasteiger partial charge on any atom is 0.342 e. The van der Waals surface area contributed by atoms with Gasteiger partial charge < -0.3 is 71.8 Å². The number of phenols is 2. The van der Waals surface area contributed by atoms with E-state index in [2.05, 4.69) is 59.0 Å². The van der Waals surface area contributed by atoms with Gasteiger partial charge in [0.15, 0.2) is 59.6 Å². The van der Waals surface area contributed by atoms with Crippen LogP contribution in [0.25, 0.3) is 10.8 Å². The molecule has 0 saturated heterocycles. The highest BCUT2D eigenvalue weighted by atomic mass is 127. The molecule has 0 bridgehead atoms. The highest BCUT2D eigenvalue weighted by Crippen LogP contribution is 2.49. The molecule has 7 aromatic rings. The van der Waals surface area contributed by atoms with Crippen LogP contribution in [0, 0.1) is 18.0 Å². The zero-order valence-electron chi connectivity index (χ0n) is 64.2. The lowest BCUT2D eigenvalue weighted by atomic mass is 9.74. The van der Waals surface area contributed by atoms with Crippen LogP contribution in [0.5, 0.6) is 57.5 Å². The second-order valence-corrected chi connectivity index (χ2v) is 32.7. The first-order chi connectivity index (χ1) is 50.6. The molecule has 2 aliphatic rings. The summed E-state index contributed by atoms with van der Waals surface area (Å²) in [6, 6.07) is 37.9. The average Bonchev–Trinajstić information content (AvgIpc) is 0.787. The van der Waals surface area contributed by atoms with Crippen LogP contribution in [-0.2, 0) is 38.9 Å². The number of hydrogen-bond donors (Lipinski definition) is 2. The van der Waals surface area contributed by atoms with Gasteiger partial charge in [0.2, 0.25) is 0 Å². The summed E-state index contributed by atoms with van der Waals surface area (Å²) >= 11 is 4.52. The molecule has 2 saturated carbocycles. The van der Waals surface area contributed by atoms with Crippen LogP contribution < -0.4 is 37.9 Å². The Hall–Kier alpha value is -7.41. The summed E-state index contributed by atoms with van der Waals surface area (Å²) in [4.78, 5) is 42.7. The first-order valence-electron chi connectivity index (χ1n) is 37.0. The van der Waals surface area contributed by atoms with Crippen molar-refractivity contribution < 1.29 is 86.2 Å². The largest absolute Gasteiger partial charge is 0.504 e. The van der Waals surface area contributed by atoms with Crippen LogP contribution in [0.15, 0.2) is 121 Å². The van der Waals surface area contributed by atoms with Gasteiger partial charge in [-0.05, 0) is 309 Å². The molecule has 2 N–H and O–H groups in total. The number of aromatic hydroxyl groups is 2. The Kier molecular flexibility index (Phi) is 28.9. The number of fused-ring (bicyclic) bond motifs is 1. The Balaban J connectivity index is 0.853. The van der Waals surface area contributed by atoms with Gasteiger partial charge in [-0.2, -0.15) is 0 Å². The third-order valence-corrected chi connectivity index (χ3v) is 22.9. The Morgan fingerprint density at radius 1 is 0.462 bits per heavy atom. The number of phenolic OH excluding ortho intramolecular Hbond substituents is 2. The minimum Gasteiger partial charge on any atom is -0.504 e. The molecule has 2 fully saturated rings. The predicted molar refractivity (Wildman–Crippen MR) is 427 cm³/mol. The van der Waals surface area contributed by atoms with Crippen LogP contribution in [0.4, 0.5) is 0 Å². The van der Waals surface area contributed by atoms with Crippen molar-refractivity contribution in [3.63, 3.8) is 0 Å². The number of esters is 3. The molecule has 2 aliphatic carbocycles. The number of halogens is 2. The Bertz CT molecular complexity index is 4100. The number of carbonyl (C=O) groups excluding carboxylic acids is 3. The van der Waals surface area contributed by atoms with E-state index < -0.39 is 33.6 Å². The number of ether oxygens (including phenoxy) is 13. The van der Waals surface area contributed by atoms with Crippen LogP contribution in [-0.4, -0.2) is 108 Å². The maximum absolute atomic E-state index is 14.8. The van der Waals surface area contributed by atoms with Crippen molar-refractivity contribution >= 4 is 73.9 Å². The van der Waals surface area contributed by atoms with Gasteiger partial charge in [-0.3, -0.25) is 9.59 Å². The summed E-state index contributed by atoms with van der Waals surface area (Å²) in [5, 5.41) is 22.6. The maximum atomic E-state index is 14.8. The molecule has 574 valence electrons. The van der Waals surface area contributed by atoms with E-state index in [-0.39, 0.29) is 92.7 Å². The molecule has 0 spiro atoms. The Morgan fingerprint density at radius 3 is 1.30 bits per heavy atom. The van der Waals surface area contributed by atoms with E-state index in [1.807, 2.05) is 159 Å². The highest BCUT2D eigenvalue weighted by molar-refractivity contribution is 14.1. The molecule has 0 heterocycles. The average molecular weight is 1680 g/mol. The van der Waals surface area contributed by atoms with Gasteiger partial charge in [-0.25, -0.2) is 4.79 Å². The monoisotopic (exact) mass is 1680 g/mol. The second kappa shape index (κ2) is 37.1. The molecule has 20 heteroatoms. The van der Waals surface area contributed by atoms with E-state index in [1.54, 1.807) is 32.4 Å². The Morgan fingerprint density at radius 2 is 0.868 bits per heavy atom. The van der Waals surface area contributed by atoms with E-state index in [9.17, 15) is 24.6 Å². The van der Waals surface area contributed by atoms with Gasteiger partial charge in [0.05, 0.1) is 52.5 Å². The Labute approximate surface area is 653 Å². The SMILES string of the molecule is CCC(CC(CC(C)(C)C(=O)OC1(C)CCCC1)c1ccc(O)c(OC)c1)c1ccc(OCOCCOc2cc(C(=O)OC(C)(C)c3ccccc3)c(OCCOCOc3ccc(C(CC)CC(CC(C)(C)C(=O)OC4(C)CCCC4)c4ccc(O)c(OC)c4)cc3OC)c3c(I)ccc(I)c23)c(OC)c1. The lowest BCUT2D eigenvalue weighted by Gasteiger charge is -2.34. The van der Waals surface area contributed by atoms with Crippen molar-refractivity contribution in [2.75, 3.05) is 68.5 Å². The van der Waals surface area contributed by atoms with Crippen LogP contribution in [0.3, 0.4) is 0 Å². The summed E-state index contributed by atoms with van der Waals surface area (Å²) < 4.78 is 81.3. The third-order valence-electron chi connectivity index (χ3n) is 21.1.